The molecule has 0 unspecified atom stereocenters. The van der Waals surface area contributed by atoms with E-state index < -0.39 is 0 Å². The SMILES string of the molecule is Cc1cccc(-c2nc(-c3ccccc3)nc(-c3ccccc3)n2)c1-n1c2ccccc2c2cc(-c3cc4c5c(c3)N(c3cc(C(C)(C)C)cc(C(C)(C)C)c3)c3ccccc3B5c3ccccc3N4c3cc(C(C)(C)C)cc(C(C)(C)C)c3)ccc21. The number of hydrogen-bond acceptors (Lipinski definition) is 5. The standard InChI is InChI=1S/C80H75BN6/c1-50-27-26-33-62(76-83-74(51-28-16-14-17-29-51)82-75(84-76)52-30-18-15-19-31-52)73(50)87-66-36-23-20-32-61(66)63-41-53(39-40-67(63)87)54-42-70-72-71(43-54)86(60-48-57(79(8,9)10)45-58(49-60)80(11,12)13)69-38-25-22-35-65(69)81(72)64-34-21-24-37-68(64)85(70)59-46-55(77(2,3)4)44-56(47-59)78(5,6)7/h14-49H,1-13H3. The van der Waals surface area contributed by atoms with Gasteiger partial charge in [0, 0.05) is 61.6 Å². The molecule has 0 amide bonds. The largest absolute Gasteiger partial charge is 0.311 e. The van der Waals surface area contributed by atoms with Crippen LogP contribution in [0.15, 0.2) is 218 Å². The summed E-state index contributed by atoms with van der Waals surface area (Å²) >= 11 is 0. The van der Waals surface area contributed by atoms with E-state index in [4.69, 9.17) is 15.0 Å². The second-order valence-corrected chi connectivity index (χ2v) is 28.3. The molecule has 0 aliphatic carbocycles. The van der Waals surface area contributed by atoms with Crippen LogP contribution in [0, 0.1) is 6.92 Å². The van der Waals surface area contributed by atoms with Crippen LogP contribution in [0.25, 0.3) is 72.8 Å². The van der Waals surface area contributed by atoms with Crippen molar-refractivity contribution in [2.75, 3.05) is 9.80 Å². The van der Waals surface area contributed by atoms with E-state index in [1.54, 1.807) is 0 Å². The number of aryl methyl sites for hydroxylation is 1. The molecule has 87 heavy (non-hydrogen) atoms. The molecule has 6 nitrogen and oxygen atoms in total. The Morgan fingerprint density at radius 3 is 1.26 bits per heavy atom. The Balaban J connectivity index is 1.04. The predicted molar refractivity (Wildman–Crippen MR) is 369 cm³/mol. The first-order valence-electron chi connectivity index (χ1n) is 30.9. The van der Waals surface area contributed by atoms with Crippen molar-refractivity contribution in [1.29, 1.82) is 0 Å². The predicted octanol–water partition coefficient (Wildman–Crippen LogP) is 19.2. The average Bonchev–Trinajstić information content (AvgIpc) is 2.59. The molecule has 2 aliphatic heterocycles. The minimum absolute atomic E-state index is 0.0228. The lowest BCUT2D eigenvalue weighted by Gasteiger charge is -2.45. The van der Waals surface area contributed by atoms with Crippen LogP contribution in [0.5, 0.6) is 0 Å². The van der Waals surface area contributed by atoms with Crippen LogP contribution in [0.4, 0.5) is 34.1 Å². The molecule has 2 aromatic heterocycles. The Kier molecular flexibility index (Phi) is 13.0. The van der Waals surface area contributed by atoms with Crippen LogP contribution in [-0.2, 0) is 21.7 Å². The van der Waals surface area contributed by atoms with Crippen molar-refractivity contribution in [2.45, 2.75) is 112 Å². The van der Waals surface area contributed by atoms with E-state index in [-0.39, 0.29) is 28.4 Å². The van der Waals surface area contributed by atoms with Gasteiger partial charge in [-0.15, -0.1) is 0 Å². The molecule has 14 rings (SSSR count). The number of rotatable bonds is 7. The van der Waals surface area contributed by atoms with Gasteiger partial charge in [-0.2, -0.15) is 0 Å². The number of benzene rings is 10. The summed E-state index contributed by atoms with van der Waals surface area (Å²) in [6.07, 6.45) is 0. The fourth-order valence-corrected chi connectivity index (χ4v) is 13.3. The maximum Gasteiger partial charge on any atom is 0.252 e. The molecule has 0 spiro atoms. The summed E-state index contributed by atoms with van der Waals surface area (Å²) in [4.78, 5) is 20.9. The highest BCUT2D eigenvalue weighted by Gasteiger charge is 2.44. The molecule has 0 saturated carbocycles. The van der Waals surface area contributed by atoms with Crippen LogP contribution < -0.4 is 26.2 Å². The normalized spacial score (nSPS) is 13.3. The van der Waals surface area contributed by atoms with Gasteiger partial charge in [0.25, 0.3) is 6.71 Å². The highest BCUT2D eigenvalue weighted by molar-refractivity contribution is 7.00. The highest BCUT2D eigenvalue weighted by Crippen LogP contribution is 2.49. The van der Waals surface area contributed by atoms with E-state index in [2.05, 4.69) is 286 Å². The molecule has 0 bridgehead atoms. The Hall–Kier alpha value is -9.33. The molecule has 4 heterocycles. The van der Waals surface area contributed by atoms with E-state index in [0.29, 0.717) is 17.5 Å². The lowest BCUT2D eigenvalue weighted by atomic mass is 9.33. The molecular formula is C80H75BN6. The average molecular weight is 1130 g/mol. The lowest BCUT2D eigenvalue weighted by molar-refractivity contribution is 0.568. The Labute approximate surface area is 514 Å². The number of para-hydroxylation sites is 4. The molecule has 0 radical (unpaired) electrons. The molecule has 0 atom stereocenters. The summed E-state index contributed by atoms with van der Waals surface area (Å²) < 4.78 is 2.44. The third-order valence-corrected chi connectivity index (χ3v) is 18.1. The number of anilines is 6. The van der Waals surface area contributed by atoms with Crippen LogP contribution in [0.3, 0.4) is 0 Å². The van der Waals surface area contributed by atoms with Gasteiger partial charge < -0.3 is 14.4 Å². The summed E-state index contributed by atoms with van der Waals surface area (Å²) in [6, 6.07) is 81.1. The second-order valence-electron chi connectivity index (χ2n) is 28.3. The minimum Gasteiger partial charge on any atom is -0.311 e. The first-order valence-corrected chi connectivity index (χ1v) is 30.9. The molecule has 12 aromatic rings. The Morgan fingerprint density at radius 2 is 0.770 bits per heavy atom. The smallest absolute Gasteiger partial charge is 0.252 e. The maximum absolute atomic E-state index is 5.29. The molecule has 0 saturated heterocycles. The zero-order valence-electron chi connectivity index (χ0n) is 52.5. The van der Waals surface area contributed by atoms with Gasteiger partial charge in [0.2, 0.25) is 0 Å². The van der Waals surface area contributed by atoms with E-state index in [1.165, 1.54) is 78.2 Å². The maximum atomic E-state index is 5.29. The molecular weight excluding hydrogens is 1060 g/mol. The van der Waals surface area contributed by atoms with Gasteiger partial charge in [-0.3, -0.25) is 0 Å². The first-order chi connectivity index (χ1) is 41.6. The van der Waals surface area contributed by atoms with E-state index >= 15 is 0 Å². The van der Waals surface area contributed by atoms with Gasteiger partial charge in [-0.05, 0) is 157 Å². The second kappa shape index (κ2) is 20.4. The molecule has 0 N–H and O–H groups in total. The summed E-state index contributed by atoms with van der Waals surface area (Å²) in [5, 5.41) is 2.33. The van der Waals surface area contributed by atoms with Crippen molar-refractivity contribution in [3.8, 4) is 51.0 Å². The van der Waals surface area contributed by atoms with Crippen molar-refractivity contribution in [1.82, 2.24) is 19.5 Å². The number of hydrogen-bond donors (Lipinski definition) is 0. The first kappa shape index (κ1) is 55.5. The zero-order valence-corrected chi connectivity index (χ0v) is 52.5. The fraction of sp³-hybridized carbons (Fsp3) is 0.212. The number of fused-ring (bicyclic) bond motifs is 7. The topological polar surface area (TPSA) is 50.1 Å². The van der Waals surface area contributed by atoms with Crippen molar-refractivity contribution >= 4 is 79.0 Å². The van der Waals surface area contributed by atoms with Gasteiger partial charge in [0.15, 0.2) is 17.5 Å². The van der Waals surface area contributed by atoms with Gasteiger partial charge >= 0.3 is 0 Å². The van der Waals surface area contributed by atoms with Gasteiger partial charge in [-0.1, -0.05) is 229 Å². The van der Waals surface area contributed by atoms with Crippen LogP contribution >= 0.6 is 0 Å². The summed E-state index contributed by atoms with van der Waals surface area (Å²) in [7, 11) is 0. The monoisotopic (exact) mass is 1130 g/mol. The van der Waals surface area contributed by atoms with Crippen LogP contribution in [-0.4, -0.2) is 26.2 Å². The van der Waals surface area contributed by atoms with Crippen molar-refractivity contribution < 1.29 is 0 Å². The molecule has 2 aliphatic rings. The Bertz CT molecular complexity index is 4430. The van der Waals surface area contributed by atoms with Gasteiger partial charge in [0.1, 0.15) is 0 Å². The summed E-state index contributed by atoms with van der Waals surface area (Å²) in [6.45, 7) is 30.3. The Morgan fingerprint density at radius 1 is 0.333 bits per heavy atom. The molecule has 0 fully saturated rings. The lowest BCUT2D eigenvalue weighted by Crippen LogP contribution is -2.61. The zero-order chi connectivity index (χ0) is 60.5. The van der Waals surface area contributed by atoms with Crippen molar-refractivity contribution in [3.63, 3.8) is 0 Å². The summed E-state index contributed by atoms with van der Waals surface area (Å²) in [5.41, 5.74) is 25.4. The van der Waals surface area contributed by atoms with Crippen LogP contribution in [0.2, 0.25) is 0 Å². The summed E-state index contributed by atoms with van der Waals surface area (Å²) in [5.74, 6) is 1.88. The van der Waals surface area contributed by atoms with Gasteiger partial charge in [-0.25, -0.2) is 15.0 Å². The highest BCUT2D eigenvalue weighted by atomic mass is 15.2. The minimum atomic E-state index is -0.0944. The van der Waals surface area contributed by atoms with Crippen LogP contribution in [0.1, 0.15) is 111 Å². The van der Waals surface area contributed by atoms with E-state index in [0.717, 1.165) is 55.5 Å². The van der Waals surface area contributed by atoms with E-state index in [1.807, 2.05) is 36.4 Å². The fourth-order valence-electron chi connectivity index (χ4n) is 13.3. The van der Waals surface area contributed by atoms with Gasteiger partial charge in [0.05, 0.1) is 16.7 Å². The van der Waals surface area contributed by atoms with E-state index in [9.17, 15) is 0 Å². The third kappa shape index (κ3) is 9.63. The quantitative estimate of drug-likeness (QED) is 0.149. The third-order valence-electron chi connectivity index (χ3n) is 18.1. The van der Waals surface area contributed by atoms with Crippen molar-refractivity contribution in [3.05, 3.63) is 246 Å². The molecule has 10 aromatic carbocycles. The van der Waals surface area contributed by atoms with Crippen molar-refractivity contribution in [2.24, 2.45) is 0 Å². The number of aromatic nitrogens is 4. The number of nitrogens with zero attached hydrogens (tertiary/aromatic N) is 6. The molecule has 428 valence electrons. The molecule has 7 heteroatoms.